The number of H-pyrrole nitrogens is 1. The van der Waals surface area contributed by atoms with Crippen LogP contribution in [0.5, 0.6) is 11.5 Å². The van der Waals surface area contributed by atoms with Gasteiger partial charge in [0.2, 0.25) is 0 Å². The van der Waals surface area contributed by atoms with Gasteiger partial charge in [0.15, 0.2) is 11.5 Å². The van der Waals surface area contributed by atoms with E-state index in [-0.39, 0.29) is 5.91 Å². The number of aryl methyl sites for hydroxylation is 2. The van der Waals surface area contributed by atoms with Crippen molar-refractivity contribution in [3.63, 3.8) is 0 Å². The summed E-state index contributed by atoms with van der Waals surface area (Å²) in [6.45, 7) is 0. The van der Waals surface area contributed by atoms with Gasteiger partial charge in [-0.3, -0.25) is 4.79 Å². The second-order valence-electron chi connectivity index (χ2n) is 6.86. The fraction of sp³-hybridized carbons (Fsp3) is 0.273. The van der Waals surface area contributed by atoms with Crippen LogP contribution in [0.4, 0.5) is 0 Å². The van der Waals surface area contributed by atoms with E-state index < -0.39 is 0 Å². The van der Waals surface area contributed by atoms with Crippen molar-refractivity contribution in [1.82, 2.24) is 10.4 Å². The second kappa shape index (κ2) is 7.76. The van der Waals surface area contributed by atoms with Gasteiger partial charge in [-0.2, -0.15) is 5.10 Å². The van der Waals surface area contributed by atoms with Gasteiger partial charge in [0.05, 0.1) is 20.4 Å². The first-order chi connectivity index (χ1) is 13.7. The predicted octanol–water partition coefficient (Wildman–Crippen LogP) is 3.83. The Labute approximate surface area is 163 Å². The summed E-state index contributed by atoms with van der Waals surface area (Å²) in [5.41, 5.74) is 7.76. The number of amides is 1. The zero-order valence-corrected chi connectivity index (χ0v) is 16.0. The number of hydrogen-bond donors (Lipinski definition) is 2. The molecule has 1 heterocycles. The lowest BCUT2D eigenvalue weighted by Crippen LogP contribution is -2.17. The van der Waals surface area contributed by atoms with Crippen molar-refractivity contribution in [1.29, 1.82) is 0 Å². The number of nitrogens with one attached hydrogen (secondary N) is 2. The molecule has 0 saturated heterocycles. The lowest BCUT2D eigenvalue weighted by atomic mass is 9.95. The average molecular weight is 377 g/mol. The van der Waals surface area contributed by atoms with E-state index in [0.717, 1.165) is 29.3 Å². The Balaban J connectivity index is 1.50. The van der Waals surface area contributed by atoms with Crippen LogP contribution in [0, 0.1) is 0 Å². The fourth-order valence-corrected chi connectivity index (χ4v) is 3.71. The summed E-state index contributed by atoms with van der Waals surface area (Å²) in [5, 5.41) is 5.22. The van der Waals surface area contributed by atoms with Gasteiger partial charge in [-0.05, 0) is 73.2 Å². The van der Waals surface area contributed by atoms with Crippen LogP contribution in [0.25, 0.3) is 10.9 Å². The van der Waals surface area contributed by atoms with Gasteiger partial charge in [0.1, 0.15) is 0 Å². The second-order valence-corrected chi connectivity index (χ2v) is 6.86. The third kappa shape index (κ3) is 3.45. The van der Waals surface area contributed by atoms with Gasteiger partial charge < -0.3 is 14.5 Å². The molecule has 0 bridgehead atoms. The van der Waals surface area contributed by atoms with Crippen LogP contribution in [0.1, 0.15) is 40.0 Å². The van der Waals surface area contributed by atoms with Gasteiger partial charge in [-0.15, -0.1) is 0 Å². The first-order valence-corrected chi connectivity index (χ1v) is 9.38. The van der Waals surface area contributed by atoms with Crippen molar-refractivity contribution in [3.05, 3.63) is 58.8 Å². The molecule has 0 unspecified atom stereocenters. The van der Waals surface area contributed by atoms with Crippen LogP contribution in [0.15, 0.2) is 41.5 Å². The summed E-state index contributed by atoms with van der Waals surface area (Å²) in [6.07, 6.45) is 6.15. The van der Waals surface area contributed by atoms with E-state index in [1.54, 1.807) is 32.6 Å². The van der Waals surface area contributed by atoms with E-state index in [1.807, 2.05) is 24.3 Å². The number of nitrogens with zero attached hydrogens (tertiary/aromatic N) is 1. The Morgan fingerprint density at radius 2 is 1.89 bits per heavy atom. The molecule has 0 spiro atoms. The molecular weight excluding hydrogens is 354 g/mol. The molecule has 2 N–H and O–H groups in total. The number of carbonyl (C=O) groups is 1. The molecule has 0 atom stereocenters. The molecule has 6 heteroatoms. The van der Waals surface area contributed by atoms with Crippen molar-refractivity contribution < 1.29 is 14.3 Å². The minimum atomic E-state index is -0.232. The smallest absolute Gasteiger partial charge is 0.271 e. The summed E-state index contributed by atoms with van der Waals surface area (Å²) in [7, 11) is 3.17. The van der Waals surface area contributed by atoms with Gasteiger partial charge >= 0.3 is 0 Å². The maximum Gasteiger partial charge on any atom is 0.271 e. The minimum absolute atomic E-state index is 0.232. The molecule has 1 amide bonds. The van der Waals surface area contributed by atoms with E-state index in [9.17, 15) is 4.79 Å². The molecule has 4 rings (SSSR count). The maximum atomic E-state index is 12.5. The number of methoxy groups -OCH3 is 2. The highest BCUT2D eigenvalue weighted by Gasteiger charge is 2.16. The summed E-state index contributed by atoms with van der Waals surface area (Å²) >= 11 is 0. The van der Waals surface area contributed by atoms with Crippen LogP contribution >= 0.6 is 0 Å². The highest BCUT2D eigenvalue weighted by Crippen LogP contribution is 2.30. The largest absolute Gasteiger partial charge is 0.493 e. The molecule has 0 radical (unpaired) electrons. The molecule has 1 aliphatic rings. The normalized spacial score (nSPS) is 13.5. The number of ether oxygens (including phenoxy) is 2. The van der Waals surface area contributed by atoms with E-state index in [4.69, 9.17) is 9.47 Å². The lowest BCUT2D eigenvalue weighted by Gasteiger charge is -2.10. The molecule has 1 aromatic heterocycles. The number of benzene rings is 2. The van der Waals surface area contributed by atoms with E-state index in [2.05, 4.69) is 15.5 Å². The highest BCUT2D eigenvalue weighted by atomic mass is 16.5. The number of rotatable bonds is 5. The highest BCUT2D eigenvalue weighted by molar-refractivity contribution is 5.99. The van der Waals surface area contributed by atoms with Crippen LogP contribution < -0.4 is 14.9 Å². The van der Waals surface area contributed by atoms with Crippen LogP contribution in [0.3, 0.4) is 0 Å². The molecule has 0 saturated carbocycles. The molecule has 1 aliphatic carbocycles. The zero-order chi connectivity index (χ0) is 19.5. The standard InChI is InChI=1S/C22H23N3O3/c1-27-20-10-7-14(11-21(20)28-2)13-23-25-22(26)15-8-9-19-17(12-15)16-5-3-4-6-18(16)24-19/h7-13,24H,3-6H2,1-2H3,(H,25,26)/b23-13+. The maximum absolute atomic E-state index is 12.5. The molecule has 0 aliphatic heterocycles. The van der Waals surface area contributed by atoms with Gasteiger partial charge in [-0.25, -0.2) is 5.43 Å². The number of aromatic amines is 1. The van der Waals surface area contributed by atoms with Crippen molar-refractivity contribution in [2.45, 2.75) is 25.7 Å². The van der Waals surface area contributed by atoms with Crippen LogP contribution in [-0.2, 0) is 12.8 Å². The van der Waals surface area contributed by atoms with E-state index >= 15 is 0 Å². The summed E-state index contributed by atoms with van der Waals surface area (Å²) in [5.74, 6) is 1.02. The van der Waals surface area contributed by atoms with E-state index in [0.29, 0.717) is 17.1 Å². The molecule has 6 nitrogen and oxygen atoms in total. The number of fused-ring (bicyclic) bond motifs is 3. The zero-order valence-electron chi connectivity index (χ0n) is 16.0. The summed E-state index contributed by atoms with van der Waals surface area (Å²) in [6, 6.07) is 11.2. The first-order valence-electron chi connectivity index (χ1n) is 9.38. The number of hydrazone groups is 1. The van der Waals surface area contributed by atoms with Crippen LogP contribution in [0.2, 0.25) is 0 Å². The van der Waals surface area contributed by atoms with Crippen molar-refractivity contribution in [2.24, 2.45) is 5.10 Å². The fourth-order valence-electron chi connectivity index (χ4n) is 3.71. The molecule has 2 aromatic carbocycles. The Kier molecular flexibility index (Phi) is 5.02. The van der Waals surface area contributed by atoms with Crippen molar-refractivity contribution >= 4 is 23.0 Å². The third-order valence-corrected chi connectivity index (χ3v) is 5.15. The Hall–Kier alpha value is -3.28. The monoisotopic (exact) mass is 377 g/mol. The van der Waals surface area contributed by atoms with Crippen LogP contribution in [-0.4, -0.2) is 31.3 Å². The lowest BCUT2D eigenvalue weighted by molar-refractivity contribution is 0.0955. The average Bonchev–Trinajstić information content (AvgIpc) is 3.11. The topological polar surface area (TPSA) is 75.7 Å². The van der Waals surface area contributed by atoms with E-state index in [1.165, 1.54) is 24.1 Å². The number of carbonyl (C=O) groups excluding carboxylic acids is 1. The van der Waals surface area contributed by atoms with Gasteiger partial charge in [0.25, 0.3) is 5.91 Å². The summed E-state index contributed by atoms with van der Waals surface area (Å²) < 4.78 is 10.5. The van der Waals surface area contributed by atoms with Gasteiger partial charge in [-0.1, -0.05) is 0 Å². The molecule has 0 fully saturated rings. The predicted molar refractivity (Wildman–Crippen MR) is 110 cm³/mol. The van der Waals surface area contributed by atoms with Crippen molar-refractivity contribution in [3.8, 4) is 11.5 Å². The molecular formula is C22H23N3O3. The molecule has 144 valence electrons. The number of aromatic nitrogens is 1. The Bertz CT molecular complexity index is 1050. The number of hydrogen-bond acceptors (Lipinski definition) is 4. The molecule has 3 aromatic rings. The first kappa shape index (κ1) is 18.1. The SMILES string of the molecule is COc1ccc(/C=N/NC(=O)c2ccc3[nH]c4c(c3c2)CCCC4)cc1OC. The van der Waals surface area contributed by atoms with Crippen molar-refractivity contribution in [2.75, 3.05) is 14.2 Å². The Morgan fingerprint density at radius 1 is 1.07 bits per heavy atom. The summed E-state index contributed by atoms with van der Waals surface area (Å²) in [4.78, 5) is 16.0. The Morgan fingerprint density at radius 3 is 2.71 bits per heavy atom. The quantitative estimate of drug-likeness (QED) is 0.524. The minimum Gasteiger partial charge on any atom is -0.493 e. The van der Waals surface area contributed by atoms with Gasteiger partial charge in [0, 0.05) is 22.2 Å². The molecule has 28 heavy (non-hydrogen) atoms. The third-order valence-electron chi connectivity index (χ3n) is 5.15.